The lowest BCUT2D eigenvalue weighted by Crippen LogP contribution is -2.27. The van der Waals surface area contributed by atoms with Gasteiger partial charge in [-0.15, -0.1) is 0 Å². The van der Waals surface area contributed by atoms with Gasteiger partial charge in [-0.1, -0.05) is 6.92 Å². The molecule has 0 atom stereocenters. The normalized spacial score (nSPS) is 11.9. The molecule has 0 saturated carbocycles. The summed E-state index contributed by atoms with van der Waals surface area (Å²) in [5.41, 5.74) is 0.638. The van der Waals surface area contributed by atoms with Crippen LogP contribution in [0, 0.1) is 0 Å². The predicted octanol–water partition coefficient (Wildman–Crippen LogP) is 0.0843. The SMILES string of the molecule is CCNCc1cn[nH]c1S(=O)(=O)NCCCn1ccnc1. The Morgan fingerprint density at radius 2 is 2.29 bits per heavy atom. The van der Waals surface area contributed by atoms with E-state index in [-0.39, 0.29) is 5.03 Å². The maximum atomic E-state index is 12.2. The van der Waals surface area contributed by atoms with Crippen molar-refractivity contribution in [2.24, 2.45) is 0 Å². The molecule has 0 aliphatic heterocycles. The van der Waals surface area contributed by atoms with Gasteiger partial charge in [0.1, 0.15) is 0 Å². The minimum Gasteiger partial charge on any atom is -0.337 e. The molecule has 0 radical (unpaired) electrons. The first-order chi connectivity index (χ1) is 10.1. The van der Waals surface area contributed by atoms with Crippen molar-refractivity contribution in [3.8, 4) is 0 Å². The summed E-state index contributed by atoms with van der Waals surface area (Å²) in [6.07, 6.45) is 7.46. The molecule has 3 N–H and O–H groups in total. The van der Waals surface area contributed by atoms with E-state index in [1.54, 1.807) is 12.5 Å². The van der Waals surface area contributed by atoms with E-state index < -0.39 is 10.0 Å². The van der Waals surface area contributed by atoms with Crippen LogP contribution in [0.25, 0.3) is 0 Å². The summed E-state index contributed by atoms with van der Waals surface area (Å²) in [6, 6.07) is 0. The second kappa shape index (κ2) is 7.34. The second-order valence-corrected chi connectivity index (χ2v) is 6.26. The van der Waals surface area contributed by atoms with E-state index in [0.717, 1.165) is 13.1 Å². The van der Waals surface area contributed by atoms with Gasteiger partial charge in [0.05, 0.1) is 12.5 Å². The van der Waals surface area contributed by atoms with Gasteiger partial charge < -0.3 is 9.88 Å². The fraction of sp³-hybridized carbons (Fsp3) is 0.500. The zero-order chi connectivity index (χ0) is 15.1. The molecule has 0 bridgehead atoms. The third-order valence-electron chi connectivity index (χ3n) is 2.96. The van der Waals surface area contributed by atoms with Gasteiger partial charge in [-0.3, -0.25) is 5.10 Å². The molecule has 0 aliphatic carbocycles. The smallest absolute Gasteiger partial charge is 0.257 e. The lowest BCUT2D eigenvalue weighted by atomic mass is 10.3. The monoisotopic (exact) mass is 312 g/mol. The molecule has 116 valence electrons. The van der Waals surface area contributed by atoms with Crippen LogP contribution in [0.1, 0.15) is 18.9 Å². The summed E-state index contributed by atoms with van der Waals surface area (Å²) < 4.78 is 28.9. The summed E-state index contributed by atoms with van der Waals surface area (Å²) in [5.74, 6) is 0. The molecule has 0 aliphatic rings. The highest BCUT2D eigenvalue weighted by Gasteiger charge is 2.19. The van der Waals surface area contributed by atoms with E-state index in [1.165, 1.54) is 6.20 Å². The third-order valence-corrected chi connectivity index (χ3v) is 4.43. The summed E-state index contributed by atoms with van der Waals surface area (Å²) in [5, 5.41) is 9.58. The number of nitrogens with zero attached hydrogens (tertiary/aromatic N) is 3. The van der Waals surface area contributed by atoms with Crippen molar-refractivity contribution in [1.29, 1.82) is 0 Å². The number of aromatic nitrogens is 4. The fourth-order valence-corrected chi connectivity index (χ4v) is 3.08. The van der Waals surface area contributed by atoms with Crippen molar-refractivity contribution < 1.29 is 8.42 Å². The molecule has 2 aromatic rings. The Morgan fingerprint density at radius 1 is 1.43 bits per heavy atom. The number of aromatic amines is 1. The number of aryl methyl sites for hydroxylation is 1. The molecule has 21 heavy (non-hydrogen) atoms. The first-order valence-corrected chi connectivity index (χ1v) is 8.30. The minimum atomic E-state index is -3.55. The quantitative estimate of drug-likeness (QED) is 0.569. The molecule has 2 rings (SSSR count). The summed E-state index contributed by atoms with van der Waals surface area (Å²) in [7, 11) is -3.55. The Labute approximate surface area is 124 Å². The number of imidazole rings is 1. The molecular formula is C12H20N6O2S. The van der Waals surface area contributed by atoms with Gasteiger partial charge in [0.25, 0.3) is 10.0 Å². The summed E-state index contributed by atoms with van der Waals surface area (Å²) in [4.78, 5) is 3.93. The highest BCUT2D eigenvalue weighted by molar-refractivity contribution is 7.89. The molecule has 2 heterocycles. The molecule has 0 fully saturated rings. The zero-order valence-electron chi connectivity index (χ0n) is 11.9. The van der Waals surface area contributed by atoms with Crippen LogP contribution < -0.4 is 10.0 Å². The summed E-state index contributed by atoms with van der Waals surface area (Å²) in [6.45, 7) is 4.28. The van der Waals surface area contributed by atoms with Crippen molar-refractivity contribution in [2.45, 2.75) is 31.5 Å². The predicted molar refractivity (Wildman–Crippen MR) is 78.0 cm³/mol. The highest BCUT2D eigenvalue weighted by Crippen LogP contribution is 2.11. The molecule has 0 amide bonds. The van der Waals surface area contributed by atoms with Crippen LogP contribution in [0.5, 0.6) is 0 Å². The molecule has 0 spiro atoms. The van der Waals surface area contributed by atoms with Gasteiger partial charge in [0.2, 0.25) is 0 Å². The Bertz CT molecular complexity index is 635. The number of sulfonamides is 1. The molecule has 0 unspecified atom stereocenters. The topological polar surface area (TPSA) is 105 Å². The standard InChI is InChI=1S/C12H20N6O2S/c1-2-13-8-11-9-15-17-12(11)21(19,20)16-4-3-6-18-7-5-14-10-18/h5,7,9-10,13,16H,2-4,6,8H2,1H3,(H,15,17). The largest absolute Gasteiger partial charge is 0.337 e. The van der Waals surface area contributed by atoms with E-state index in [4.69, 9.17) is 0 Å². The molecule has 9 heteroatoms. The van der Waals surface area contributed by atoms with Gasteiger partial charge in [0.15, 0.2) is 5.03 Å². The zero-order valence-corrected chi connectivity index (χ0v) is 12.7. The number of hydrogen-bond donors (Lipinski definition) is 3. The van der Waals surface area contributed by atoms with Crippen LogP contribution in [0.4, 0.5) is 0 Å². The van der Waals surface area contributed by atoms with E-state index in [1.807, 2.05) is 17.7 Å². The van der Waals surface area contributed by atoms with Crippen molar-refractivity contribution in [1.82, 2.24) is 29.8 Å². The average molecular weight is 312 g/mol. The molecule has 0 saturated heterocycles. The maximum absolute atomic E-state index is 12.2. The Morgan fingerprint density at radius 3 is 3.00 bits per heavy atom. The first kappa shape index (κ1) is 15.7. The van der Waals surface area contributed by atoms with E-state index in [0.29, 0.717) is 25.1 Å². The van der Waals surface area contributed by atoms with Gasteiger partial charge in [-0.2, -0.15) is 5.10 Å². The van der Waals surface area contributed by atoms with E-state index >= 15 is 0 Å². The molecule has 8 nitrogen and oxygen atoms in total. The van der Waals surface area contributed by atoms with E-state index in [9.17, 15) is 8.42 Å². The second-order valence-electron chi connectivity index (χ2n) is 4.56. The van der Waals surface area contributed by atoms with Gasteiger partial charge >= 0.3 is 0 Å². The van der Waals surface area contributed by atoms with Crippen LogP contribution >= 0.6 is 0 Å². The maximum Gasteiger partial charge on any atom is 0.257 e. The van der Waals surface area contributed by atoms with Crippen molar-refractivity contribution in [3.05, 3.63) is 30.5 Å². The Kier molecular flexibility index (Phi) is 5.48. The number of hydrogen-bond acceptors (Lipinski definition) is 5. The van der Waals surface area contributed by atoms with Crippen LogP contribution in [0.15, 0.2) is 29.9 Å². The lowest BCUT2D eigenvalue weighted by Gasteiger charge is -2.07. The van der Waals surface area contributed by atoms with Crippen LogP contribution in [0.2, 0.25) is 0 Å². The average Bonchev–Trinajstić information content (AvgIpc) is 3.12. The van der Waals surface area contributed by atoms with Gasteiger partial charge in [-0.05, 0) is 13.0 Å². The van der Waals surface area contributed by atoms with E-state index in [2.05, 4.69) is 25.2 Å². The molecule has 0 aromatic carbocycles. The highest BCUT2D eigenvalue weighted by atomic mass is 32.2. The first-order valence-electron chi connectivity index (χ1n) is 6.82. The van der Waals surface area contributed by atoms with Crippen LogP contribution in [0.3, 0.4) is 0 Å². The fourth-order valence-electron chi connectivity index (χ4n) is 1.88. The minimum absolute atomic E-state index is 0.131. The lowest BCUT2D eigenvalue weighted by molar-refractivity contribution is 0.563. The number of rotatable bonds is 9. The number of nitrogens with one attached hydrogen (secondary N) is 3. The summed E-state index contributed by atoms with van der Waals surface area (Å²) >= 11 is 0. The van der Waals surface area contributed by atoms with Crippen LogP contribution in [-0.4, -0.2) is 41.3 Å². The number of H-pyrrole nitrogens is 1. The van der Waals surface area contributed by atoms with Crippen molar-refractivity contribution >= 4 is 10.0 Å². The molecule has 2 aromatic heterocycles. The van der Waals surface area contributed by atoms with Crippen molar-refractivity contribution in [2.75, 3.05) is 13.1 Å². The van der Waals surface area contributed by atoms with Crippen molar-refractivity contribution in [3.63, 3.8) is 0 Å². The molecular weight excluding hydrogens is 292 g/mol. The van der Waals surface area contributed by atoms with Gasteiger partial charge in [-0.25, -0.2) is 18.1 Å². The Hall–Kier alpha value is -1.71. The Balaban J connectivity index is 1.87. The third kappa shape index (κ3) is 4.38. The van der Waals surface area contributed by atoms with Crippen LogP contribution in [-0.2, 0) is 23.1 Å². The van der Waals surface area contributed by atoms with Gasteiger partial charge in [0, 0.05) is 37.6 Å².